The zero-order chi connectivity index (χ0) is 13.4. The monoisotopic (exact) mass is 316 g/mol. The summed E-state index contributed by atoms with van der Waals surface area (Å²) in [5.41, 5.74) is 0.571. The number of halogens is 1. The van der Waals surface area contributed by atoms with E-state index in [1.165, 1.54) is 6.92 Å². The number of benzene rings is 1. The molecule has 0 N–H and O–H groups in total. The minimum atomic E-state index is -0.0217. The van der Waals surface area contributed by atoms with Crippen LogP contribution in [-0.4, -0.2) is 39.3 Å². The van der Waals surface area contributed by atoms with Gasteiger partial charge in [0.1, 0.15) is 12.4 Å². The molecule has 0 heterocycles. The van der Waals surface area contributed by atoms with E-state index in [9.17, 15) is 4.79 Å². The van der Waals surface area contributed by atoms with Crippen molar-refractivity contribution in [1.82, 2.24) is 0 Å². The van der Waals surface area contributed by atoms with Gasteiger partial charge in [-0.3, -0.25) is 4.79 Å². The highest BCUT2D eigenvalue weighted by Gasteiger charge is 2.08. The molecule has 1 aromatic carbocycles. The Morgan fingerprint density at radius 2 is 1.94 bits per heavy atom. The molecule has 0 unspecified atom stereocenters. The summed E-state index contributed by atoms with van der Waals surface area (Å²) in [5.74, 6) is 0.563. The molecule has 0 bridgehead atoms. The topological polar surface area (TPSA) is 44.8 Å². The standard InChI is InChI=1S/C13H17BrO4/c1-10(15)12-9-11(14)3-4-13(12)18-8-7-17-6-5-16-2/h3-4,9H,5-8H2,1-2H3. The van der Waals surface area contributed by atoms with E-state index in [2.05, 4.69) is 15.9 Å². The average Bonchev–Trinajstić information content (AvgIpc) is 2.35. The molecule has 0 fully saturated rings. The number of hydrogen-bond donors (Lipinski definition) is 0. The number of hydrogen-bond acceptors (Lipinski definition) is 4. The quantitative estimate of drug-likeness (QED) is 0.546. The fourth-order valence-electron chi connectivity index (χ4n) is 1.36. The number of ether oxygens (including phenoxy) is 3. The molecule has 0 saturated carbocycles. The Hall–Kier alpha value is -0.910. The summed E-state index contributed by atoms with van der Waals surface area (Å²) in [6, 6.07) is 5.37. The van der Waals surface area contributed by atoms with E-state index < -0.39 is 0 Å². The zero-order valence-corrected chi connectivity index (χ0v) is 12.2. The maximum Gasteiger partial charge on any atom is 0.163 e. The minimum absolute atomic E-state index is 0.0217. The van der Waals surface area contributed by atoms with Gasteiger partial charge >= 0.3 is 0 Å². The molecule has 0 aliphatic carbocycles. The molecule has 0 saturated heterocycles. The summed E-state index contributed by atoms with van der Waals surface area (Å²) in [5, 5.41) is 0. The second kappa shape index (κ2) is 8.24. The predicted octanol–water partition coefficient (Wildman–Crippen LogP) is 2.69. The summed E-state index contributed by atoms with van der Waals surface area (Å²) in [4.78, 5) is 11.4. The van der Waals surface area contributed by atoms with Gasteiger partial charge < -0.3 is 14.2 Å². The first-order chi connectivity index (χ1) is 8.65. The largest absolute Gasteiger partial charge is 0.490 e. The second-order valence-corrected chi connectivity index (χ2v) is 4.57. The van der Waals surface area contributed by atoms with Crippen LogP contribution in [0.25, 0.3) is 0 Å². The van der Waals surface area contributed by atoms with Gasteiger partial charge in [-0.15, -0.1) is 0 Å². The lowest BCUT2D eigenvalue weighted by atomic mass is 10.1. The summed E-state index contributed by atoms with van der Waals surface area (Å²) < 4.78 is 16.5. The minimum Gasteiger partial charge on any atom is -0.490 e. The number of carbonyl (C=O) groups excluding carboxylic acids is 1. The maximum atomic E-state index is 11.4. The molecular formula is C13H17BrO4. The first-order valence-corrected chi connectivity index (χ1v) is 6.44. The zero-order valence-electron chi connectivity index (χ0n) is 10.6. The third-order valence-electron chi connectivity index (χ3n) is 2.24. The second-order valence-electron chi connectivity index (χ2n) is 3.65. The Balaban J connectivity index is 2.44. The van der Waals surface area contributed by atoms with Crippen molar-refractivity contribution in [3.8, 4) is 5.75 Å². The van der Waals surface area contributed by atoms with Crippen molar-refractivity contribution in [1.29, 1.82) is 0 Å². The van der Waals surface area contributed by atoms with Gasteiger partial charge in [-0.25, -0.2) is 0 Å². The van der Waals surface area contributed by atoms with Crippen LogP contribution in [0.4, 0.5) is 0 Å². The molecule has 1 aromatic rings. The van der Waals surface area contributed by atoms with Crippen LogP contribution in [0.3, 0.4) is 0 Å². The highest BCUT2D eigenvalue weighted by molar-refractivity contribution is 9.10. The molecule has 100 valence electrons. The van der Waals surface area contributed by atoms with Crippen molar-refractivity contribution >= 4 is 21.7 Å². The number of methoxy groups -OCH3 is 1. The third-order valence-corrected chi connectivity index (χ3v) is 2.73. The van der Waals surface area contributed by atoms with Crippen LogP contribution < -0.4 is 4.74 Å². The number of carbonyl (C=O) groups is 1. The van der Waals surface area contributed by atoms with Crippen molar-refractivity contribution in [3.05, 3.63) is 28.2 Å². The van der Waals surface area contributed by atoms with E-state index in [-0.39, 0.29) is 5.78 Å². The molecule has 0 spiro atoms. The van der Waals surface area contributed by atoms with E-state index >= 15 is 0 Å². The van der Waals surface area contributed by atoms with Crippen LogP contribution in [0, 0.1) is 0 Å². The summed E-state index contributed by atoms with van der Waals surface area (Å²) in [6.07, 6.45) is 0. The molecule has 0 aromatic heterocycles. The fraction of sp³-hybridized carbons (Fsp3) is 0.462. The SMILES string of the molecule is COCCOCCOc1ccc(Br)cc1C(C)=O. The molecule has 0 aliphatic rings. The van der Waals surface area contributed by atoms with Gasteiger partial charge in [0.15, 0.2) is 5.78 Å². The molecule has 4 nitrogen and oxygen atoms in total. The van der Waals surface area contributed by atoms with Crippen LogP contribution >= 0.6 is 15.9 Å². The lowest BCUT2D eigenvalue weighted by molar-refractivity contribution is 0.0542. The molecule has 0 amide bonds. The van der Waals surface area contributed by atoms with Gasteiger partial charge in [0.2, 0.25) is 0 Å². The van der Waals surface area contributed by atoms with Gasteiger partial charge in [0, 0.05) is 11.6 Å². The number of Topliss-reactive ketones (excluding diaryl/α,β-unsaturated/α-hetero) is 1. The van der Waals surface area contributed by atoms with Crippen molar-refractivity contribution < 1.29 is 19.0 Å². The maximum absolute atomic E-state index is 11.4. The van der Waals surface area contributed by atoms with Crippen molar-refractivity contribution in [2.24, 2.45) is 0 Å². The number of rotatable bonds is 8. The van der Waals surface area contributed by atoms with Crippen LogP contribution in [-0.2, 0) is 9.47 Å². The Morgan fingerprint density at radius 3 is 2.61 bits per heavy atom. The van der Waals surface area contributed by atoms with E-state index in [0.29, 0.717) is 37.7 Å². The van der Waals surface area contributed by atoms with E-state index in [4.69, 9.17) is 14.2 Å². The predicted molar refractivity (Wildman–Crippen MR) is 72.3 cm³/mol. The number of ketones is 1. The van der Waals surface area contributed by atoms with Crippen LogP contribution in [0.1, 0.15) is 17.3 Å². The summed E-state index contributed by atoms with van der Waals surface area (Å²) in [6.45, 7) is 3.50. The first-order valence-electron chi connectivity index (χ1n) is 5.65. The smallest absolute Gasteiger partial charge is 0.163 e. The normalized spacial score (nSPS) is 10.4. The van der Waals surface area contributed by atoms with Crippen molar-refractivity contribution in [2.45, 2.75) is 6.92 Å². The fourth-order valence-corrected chi connectivity index (χ4v) is 1.72. The van der Waals surface area contributed by atoms with Gasteiger partial charge in [0.05, 0.1) is 25.4 Å². The Kier molecular flexibility index (Phi) is 6.93. The van der Waals surface area contributed by atoms with E-state index in [1.54, 1.807) is 19.2 Å². The molecule has 5 heteroatoms. The van der Waals surface area contributed by atoms with Crippen molar-refractivity contribution in [3.63, 3.8) is 0 Å². The summed E-state index contributed by atoms with van der Waals surface area (Å²) >= 11 is 3.33. The van der Waals surface area contributed by atoms with E-state index in [0.717, 1.165) is 4.47 Å². The third kappa shape index (κ3) is 5.16. The average molecular weight is 317 g/mol. The lowest BCUT2D eigenvalue weighted by Gasteiger charge is -2.10. The Labute approximate surface area is 115 Å². The van der Waals surface area contributed by atoms with Crippen LogP contribution in [0.15, 0.2) is 22.7 Å². The molecular weight excluding hydrogens is 300 g/mol. The van der Waals surface area contributed by atoms with Crippen LogP contribution in [0.5, 0.6) is 5.75 Å². The van der Waals surface area contributed by atoms with E-state index in [1.807, 2.05) is 6.07 Å². The van der Waals surface area contributed by atoms with Gasteiger partial charge in [-0.1, -0.05) is 15.9 Å². The van der Waals surface area contributed by atoms with Gasteiger partial charge in [0.25, 0.3) is 0 Å². The lowest BCUT2D eigenvalue weighted by Crippen LogP contribution is -2.11. The first kappa shape index (κ1) is 15.1. The molecule has 18 heavy (non-hydrogen) atoms. The molecule has 0 aliphatic heterocycles. The highest BCUT2D eigenvalue weighted by Crippen LogP contribution is 2.23. The molecule has 0 radical (unpaired) electrons. The highest BCUT2D eigenvalue weighted by atomic mass is 79.9. The van der Waals surface area contributed by atoms with Gasteiger partial charge in [-0.05, 0) is 25.1 Å². The van der Waals surface area contributed by atoms with Crippen LogP contribution in [0.2, 0.25) is 0 Å². The molecule has 1 rings (SSSR count). The van der Waals surface area contributed by atoms with Gasteiger partial charge in [-0.2, -0.15) is 0 Å². The van der Waals surface area contributed by atoms with Crippen molar-refractivity contribution in [2.75, 3.05) is 33.5 Å². The Bertz CT molecular complexity index is 393. The molecule has 0 atom stereocenters. The summed E-state index contributed by atoms with van der Waals surface area (Å²) in [7, 11) is 1.63. The Morgan fingerprint density at radius 1 is 1.22 bits per heavy atom.